The zero-order chi connectivity index (χ0) is 22.9. The number of nitrogen functional groups attached to an aromatic ring is 1. The molecule has 168 valence electrons. The molecule has 5 atom stereocenters. The Bertz CT molecular complexity index is 1440. The van der Waals surface area contributed by atoms with Crippen LogP contribution < -0.4 is 5.73 Å². The lowest BCUT2D eigenvalue weighted by Gasteiger charge is -2.27. The number of nitrogens with two attached hydrogens (primary N) is 1. The first kappa shape index (κ1) is 21.0. The van der Waals surface area contributed by atoms with Gasteiger partial charge in [-0.15, -0.1) is 0 Å². The van der Waals surface area contributed by atoms with Gasteiger partial charge >= 0.3 is 0 Å². The molecule has 2 aliphatic rings. The molecule has 4 aromatic rings. The van der Waals surface area contributed by atoms with E-state index in [0.717, 1.165) is 26.3 Å². The van der Waals surface area contributed by atoms with Crippen LogP contribution in [0.25, 0.3) is 21.9 Å². The molecule has 3 aromatic heterocycles. The van der Waals surface area contributed by atoms with E-state index in [1.165, 1.54) is 6.33 Å². The summed E-state index contributed by atoms with van der Waals surface area (Å²) in [6, 6.07) is 9.68. The molecule has 9 heteroatoms. The third-order valence-corrected chi connectivity index (χ3v) is 8.36. The molecular formula is C24H21BrClN5O2. The first-order chi connectivity index (χ1) is 15.9. The molecule has 1 fully saturated rings. The zero-order valence-electron chi connectivity index (χ0n) is 17.4. The highest BCUT2D eigenvalue weighted by Crippen LogP contribution is 2.55. The Morgan fingerprint density at radius 3 is 2.85 bits per heavy atom. The molecule has 0 amide bonds. The van der Waals surface area contributed by atoms with Gasteiger partial charge in [-0.1, -0.05) is 35.9 Å². The van der Waals surface area contributed by atoms with E-state index in [9.17, 15) is 10.2 Å². The van der Waals surface area contributed by atoms with Crippen LogP contribution in [0.2, 0.25) is 5.15 Å². The number of hydrogen-bond acceptors (Lipinski definition) is 6. The highest BCUT2D eigenvalue weighted by Gasteiger charge is 2.54. The van der Waals surface area contributed by atoms with Crippen molar-refractivity contribution in [3.63, 3.8) is 0 Å². The van der Waals surface area contributed by atoms with Gasteiger partial charge in [0.1, 0.15) is 29.0 Å². The van der Waals surface area contributed by atoms with E-state index in [2.05, 4.69) is 55.2 Å². The summed E-state index contributed by atoms with van der Waals surface area (Å²) in [5, 5.41) is 24.3. The van der Waals surface area contributed by atoms with Crippen LogP contribution >= 0.6 is 27.5 Å². The fourth-order valence-corrected chi connectivity index (χ4v) is 6.00. The molecule has 0 bridgehead atoms. The summed E-state index contributed by atoms with van der Waals surface area (Å²) in [5.41, 5.74) is 8.06. The second-order valence-electron chi connectivity index (χ2n) is 9.04. The molecule has 1 saturated carbocycles. The minimum absolute atomic E-state index is 0.110. The van der Waals surface area contributed by atoms with Gasteiger partial charge in [-0.2, -0.15) is 0 Å². The van der Waals surface area contributed by atoms with Gasteiger partial charge in [0.2, 0.25) is 0 Å². The Labute approximate surface area is 203 Å². The Morgan fingerprint density at radius 1 is 1.15 bits per heavy atom. The molecule has 4 N–H and O–H groups in total. The van der Waals surface area contributed by atoms with Crippen molar-refractivity contribution in [1.29, 1.82) is 0 Å². The average molecular weight is 527 g/mol. The standard InChI is InChI=1S/C24H21BrClN5O2/c25-16-7-13-2-1-12(8-17(13)30-21(16)26)14-3-5-24(9-14)10-18(19(32)20(24)33)31-6-4-15-22(27)28-11-29-23(15)31/h1-8,11,14,18-20,32-33H,9-10H2,(H2,27,28,29). The second-order valence-corrected chi connectivity index (χ2v) is 10.3. The summed E-state index contributed by atoms with van der Waals surface area (Å²) in [6.07, 6.45) is 6.99. The number of aromatic nitrogens is 4. The minimum atomic E-state index is -0.922. The lowest BCUT2D eigenvalue weighted by Crippen LogP contribution is -2.34. The Morgan fingerprint density at radius 2 is 2.00 bits per heavy atom. The number of anilines is 1. The van der Waals surface area contributed by atoms with Crippen molar-refractivity contribution in [3.8, 4) is 0 Å². The SMILES string of the molecule is Nc1ncnc2c1ccn2C1CC2(C=CC(c3ccc4cc(Br)c(Cl)nc4c3)C2)C(O)C1O. The summed E-state index contributed by atoms with van der Waals surface area (Å²) in [4.78, 5) is 12.9. The topological polar surface area (TPSA) is 110 Å². The van der Waals surface area contributed by atoms with Gasteiger partial charge in [0.25, 0.3) is 0 Å². The maximum Gasteiger partial charge on any atom is 0.145 e. The van der Waals surface area contributed by atoms with Crippen molar-refractivity contribution in [2.24, 2.45) is 5.41 Å². The highest BCUT2D eigenvalue weighted by atomic mass is 79.9. The minimum Gasteiger partial charge on any atom is -0.389 e. The molecular weight excluding hydrogens is 506 g/mol. The first-order valence-electron chi connectivity index (χ1n) is 10.7. The van der Waals surface area contributed by atoms with E-state index in [0.29, 0.717) is 29.5 Å². The number of fused-ring (bicyclic) bond motifs is 2. The molecule has 5 unspecified atom stereocenters. The summed E-state index contributed by atoms with van der Waals surface area (Å²) in [5.74, 6) is 0.512. The first-order valence-corrected chi connectivity index (χ1v) is 11.9. The number of aliphatic hydroxyl groups is 2. The Hall–Kier alpha value is -2.52. The number of halogens is 2. The van der Waals surface area contributed by atoms with E-state index in [4.69, 9.17) is 17.3 Å². The van der Waals surface area contributed by atoms with Gasteiger partial charge in [-0.25, -0.2) is 15.0 Å². The molecule has 6 rings (SSSR count). The van der Waals surface area contributed by atoms with Crippen molar-refractivity contribution < 1.29 is 10.2 Å². The van der Waals surface area contributed by atoms with Crippen molar-refractivity contribution in [3.05, 3.63) is 70.2 Å². The molecule has 33 heavy (non-hydrogen) atoms. The van der Waals surface area contributed by atoms with Gasteiger partial charge < -0.3 is 20.5 Å². The van der Waals surface area contributed by atoms with E-state index >= 15 is 0 Å². The zero-order valence-corrected chi connectivity index (χ0v) is 19.8. The quantitative estimate of drug-likeness (QED) is 0.264. The summed E-state index contributed by atoms with van der Waals surface area (Å²) < 4.78 is 2.68. The van der Waals surface area contributed by atoms with Crippen LogP contribution in [-0.2, 0) is 0 Å². The van der Waals surface area contributed by atoms with Crippen molar-refractivity contribution in [1.82, 2.24) is 19.5 Å². The van der Waals surface area contributed by atoms with Crippen LogP contribution in [0.5, 0.6) is 0 Å². The van der Waals surface area contributed by atoms with Crippen LogP contribution in [-0.4, -0.2) is 41.9 Å². The Balaban J connectivity index is 1.31. The summed E-state index contributed by atoms with van der Waals surface area (Å²) in [6.45, 7) is 0. The van der Waals surface area contributed by atoms with Crippen LogP contribution in [0.3, 0.4) is 0 Å². The molecule has 1 spiro atoms. The maximum atomic E-state index is 11.1. The van der Waals surface area contributed by atoms with Crippen LogP contribution in [0, 0.1) is 5.41 Å². The van der Waals surface area contributed by atoms with Crippen molar-refractivity contribution in [2.75, 3.05) is 5.73 Å². The number of aliphatic hydroxyl groups excluding tert-OH is 2. The molecule has 1 aromatic carbocycles. The van der Waals surface area contributed by atoms with Gasteiger partial charge in [-0.3, -0.25) is 0 Å². The van der Waals surface area contributed by atoms with Crippen LogP contribution in [0.1, 0.15) is 30.4 Å². The monoisotopic (exact) mass is 525 g/mol. The van der Waals surface area contributed by atoms with Gasteiger partial charge in [0, 0.05) is 22.9 Å². The molecule has 0 aliphatic heterocycles. The fourth-order valence-electron chi connectivity index (χ4n) is 5.52. The lowest BCUT2D eigenvalue weighted by atomic mass is 9.80. The smallest absolute Gasteiger partial charge is 0.145 e. The number of nitrogens with zero attached hydrogens (tertiary/aromatic N) is 4. The molecule has 0 radical (unpaired) electrons. The maximum absolute atomic E-state index is 11.1. The predicted octanol–water partition coefficient (Wildman–Crippen LogP) is 4.37. The molecule has 3 heterocycles. The third kappa shape index (κ3) is 3.19. The summed E-state index contributed by atoms with van der Waals surface area (Å²) >= 11 is 9.62. The Kier molecular flexibility index (Phi) is 4.78. The summed E-state index contributed by atoms with van der Waals surface area (Å²) in [7, 11) is 0. The fraction of sp³-hybridized carbons (Fsp3) is 0.292. The van der Waals surface area contributed by atoms with E-state index in [1.807, 2.05) is 29.0 Å². The lowest BCUT2D eigenvalue weighted by molar-refractivity contribution is -0.0129. The number of benzene rings is 1. The van der Waals surface area contributed by atoms with E-state index in [-0.39, 0.29) is 12.0 Å². The normalized spacial score (nSPS) is 29.1. The molecule has 0 saturated heterocycles. The van der Waals surface area contributed by atoms with Gasteiger partial charge in [-0.05, 0) is 52.5 Å². The number of hydrogen-bond donors (Lipinski definition) is 3. The third-order valence-electron chi connectivity index (χ3n) is 7.23. The molecule has 2 aliphatic carbocycles. The van der Waals surface area contributed by atoms with Crippen LogP contribution in [0.15, 0.2) is 59.5 Å². The predicted molar refractivity (Wildman–Crippen MR) is 131 cm³/mol. The number of pyridine rings is 1. The number of allylic oxidation sites excluding steroid dienone is 1. The van der Waals surface area contributed by atoms with Gasteiger partial charge in [0.15, 0.2) is 0 Å². The number of rotatable bonds is 2. The van der Waals surface area contributed by atoms with Crippen molar-refractivity contribution in [2.45, 2.75) is 37.0 Å². The van der Waals surface area contributed by atoms with Crippen molar-refractivity contribution >= 4 is 55.3 Å². The van der Waals surface area contributed by atoms with E-state index < -0.39 is 17.6 Å². The van der Waals surface area contributed by atoms with Gasteiger partial charge in [0.05, 0.1) is 27.5 Å². The van der Waals surface area contributed by atoms with E-state index in [1.54, 1.807) is 0 Å². The average Bonchev–Trinajstić information content (AvgIpc) is 3.48. The van der Waals surface area contributed by atoms with Crippen LogP contribution in [0.4, 0.5) is 5.82 Å². The molecule has 7 nitrogen and oxygen atoms in total. The highest BCUT2D eigenvalue weighted by molar-refractivity contribution is 9.10. The largest absolute Gasteiger partial charge is 0.389 e. The second kappa shape index (κ2) is 7.50.